The summed E-state index contributed by atoms with van der Waals surface area (Å²) >= 11 is 0. The zero-order valence-electron chi connectivity index (χ0n) is 9.99. The normalized spacial score (nSPS) is 24.4. The van der Waals surface area contributed by atoms with E-state index in [-0.39, 0.29) is 0 Å². The van der Waals surface area contributed by atoms with Gasteiger partial charge in [-0.1, -0.05) is 25.1 Å². The van der Waals surface area contributed by atoms with Crippen molar-refractivity contribution in [3.05, 3.63) is 29.8 Å². The van der Waals surface area contributed by atoms with E-state index in [2.05, 4.69) is 31.2 Å². The fraction of sp³-hybridized carbons (Fsp3) is 0.571. The zero-order valence-corrected chi connectivity index (χ0v) is 9.99. The van der Waals surface area contributed by atoms with Crippen molar-refractivity contribution in [3.8, 4) is 5.75 Å². The molecule has 1 aromatic rings. The Kier molecular flexibility index (Phi) is 3.83. The minimum Gasteiger partial charge on any atom is -0.490 e. The van der Waals surface area contributed by atoms with Gasteiger partial charge >= 0.3 is 0 Å². The molecule has 2 rings (SSSR count). The van der Waals surface area contributed by atoms with E-state index in [1.807, 2.05) is 0 Å². The van der Waals surface area contributed by atoms with Crippen LogP contribution in [0.2, 0.25) is 0 Å². The van der Waals surface area contributed by atoms with Crippen LogP contribution in [0.5, 0.6) is 5.75 Å². The summed E-state index contributed by atoms with van der Waals surface area (Å²) in [5.41, 5.74) is 7.04. The molecule has 2 atom stereocenters. The number of ether oxygens (including phenoxy) is 1. The van der Waals surface area contributed by atoms with E-state index >= 15 is 0 Å². The Labute approximate surface area is 97.8 Å². The minimum atomic E-state index is 0.379. The molecule has 2 N–H and O–H groups in total. The molecule has 0 spiro atoms. The van der Waals surface area contributed by atoms with Crippen molar-refractivity contribution in [1.82, 2.24) is 0 Å². The largest absolute Gasteiger partial charge is 0.490 e. The molecule has 2 heteroatoms. The fourth-order valence-electron chi connectivity index (χ4n) is 2.49. The van der Waals surface area contributed by atoms with Gasteiger partial charge in [-0.2, -0.15) is 0 Å². The maximum absolute atomic E-state index is 6.04. The van der Waals surface area contributed by atoms with E-state index in [1.54, 1.807) is 0 Å². The lowest BCUT2D eigenvalue weighted by Gasteiger charge is -2.15. The summed E-state index contributed by atoms with van der Waals surface area (Å²) < 4.78 is 6.04. The van der Waals surface area contributed by atoms with Gasteiger partial charge in [-0.15, -0.1) is 0 Å². The van der Waals surface area contributed by atoms with Gasteiger partial charge in [-0.3, -0.25) is 0 Å². The molecule has 0 radical (unpaired) electrons. The summed E-state index contributed by atoms with van der Waals surface area (Å²) in [6, 6.07) is 8.43. The lowest BCUT2D eigenvalue weighted by Crippen LogP contribution is -2.13. The molecular formula is C14H21NO. The van der Waals surface area contributed by atoms with Gasteiger partial charge in [0.05, 0.1) is 6.10 Å². The molecule has 2 unspecified atom stereocenters. The first-order valence-corrected chi connectivity index (χ1v) is 6.30. The second kappa shape index (κ2) is 5.35. The Morgan fingerprint density at radius 3 is 2.88 bits per heavy atom. The van der Waals surface area contributed by atoms with Crippen LogP contribution in [0.1, 0.15) is 44.1 Å². The molecule has 16 heavy (non-hydrogen) atoms. The van der Waals surface area contributed by atoms with E-state index < -0.39 is 0 Å². The topological polar surface area (TPSA) is 35.2 Å². The number of nitrogens with two attached hydrogens (primary N) is 1. The molecule has 0 saturated heterocycles. The third kappa shape index (κ3) is 2.38. The SMILES string of the molecule is CCC1CCC(CCN)c2ccccc2O1. The summed E-state index contributed by atoms with van der Waals surface area (Å²) in [5.74, 6) is 1.66. The summed E-state index contributed by atoms with van der Waals surface area (Å²) in [6.45, 7) is 2.95. The van der Waals surface area contributed by atoms with Crippen LogP contribution in [0, 0.1) is 0 Å². The Balaban J connectivity index is 2.26. The second-order valence-corrected chi connectivity index (χ2v) is 4.54. The van der Waals surface area contributed by atoms with Crippen LogP contribution in [-0.2, 0) is 0 Å². The fourth-order valence-corrected chi connectivity index (χ4v) is 2.49. The molecule has 0 fully saturated rings. The number of hydrogen-bond donors (Lipinski definition) is 1. The van der Waals surface area contributed by atoms with Crippen LogP contribution < -0.4 is 10.5 Å². The average molecular weight is 219 g/mol. The first-order chi connectivity index (χ1) is 7.85. The second-order valence-electron chi connectivity index (χ2n) is 4.54. The zero-order chi connectivity index (χ0) is 11.4. The van der Waals surface area contributed by atoms with Gasteiger partial charge < -0.3 is 10.5 Å². The van der Waals surface area contributed by atoms with Gasteiger partial charge in [0.2, 0.25) is 0 Å². The Bertz CT molecular complexity index is 337. The Hall–Kier alpha value is -1.02. The highest BCUT2D eigenvalue weighted by Crippen LogP contribution is 2.36. The number of fused-ring (bicyclic) bond motifs is 1. The molecular weight excluding hydrogens is 198 g/mol. The van der Waals surface area contributed by atoms with E-state index in [0.29, 0.717) is 12.0 Å². The Morgan fingerprint density at radius 1 is 1.31 bits per heavy atom. The van der Waals surface area contributed by atoms with Crippen molar-refractivity contribution in [2.24, 2.45) is 5.73 Å². The molecule has 0 amide bonds. The third-order valence-electron chi connectivity index (χ3n) is 3.46. The van der Waals surface area contributed by atoms with E-state index in [0.717, 1.165) is 31.6 Å². The van der Waals surface area contributed by atoms with Crippen molar-refractivity contribution in [1.29, 1.82) is 0 Å². The predicted octanol–water partition coefficient (Wildman–Crippen LogP) is 3.07. The first kappa shape index (κ1) is 11.5. The van der Waals surface area contributed by atoms with Crippen LogP contribution >= 0.6 is 0 Å². The lowest BCUT2D eigenvalue weighted by atomic mass is 9.90. The van der Waals surface area contributed by atoms with Crippen molar-refractivity contribution in [2.45, 2.75) is 44.6 Å². The standard InChI is InChI=1S/C14H21NO/c1-2-12-8-7-11(9-10-15)13-5-3-4-6-14(13)16-12/h3-6,11-12H,2,7-10,15H2,1H3. The number of para-hydroxylation sites is 1. The molecule has 0 aromatic heterocycles. The molecule has 0 aliphatic carbocycles. The monoisotopic (exact) mass is 219 g/mol. The minimum absolute atomic E-state index is 0.379. The van der Waals surface area contributed by atoms with Crippen molar-refractivity contribution < 1.29 is 4.74 Å². The van der Waals surface area contributed by atoms with Gasteiger partial charge in [-0.25, -0.2) is 0 Å². The smallest absolute Gasteiger partial charge is 0.123 e. The lowest BCUT2D eigenvalue weighted by molar-refractivity contribution is 0.190. The first-order valence-electron chi connectivity index (χ1n) is 6.30. The molecule has 0 saturated carbocycles. The van der Waals surface area contributed by atoms with Crippen LogP contribution in [-0.4, -0.2) is 12.6 Å². The molecule has 1 aliphatic heterocycles. The van der Waals surface area contributed by atoms with Gasteiger partial charge in [0.15, 0.2) is 0 Å². The van der Waals surface area contributed by atoms with E-state index in [9.17, 15) is 0 Å². The molecule has 1 heterocycles. The van der Waals surface area contributed by atoms with Gasteiger partial charge in [0, 0.05) is 0 Å². The molecule has 1 aromatic carbocycles. The maximum Gasteiger partial charge on any atom is 0.123 e. The Morgan fingerprint density at radius 2 is 2.12 bits per heavy atom. The van der Waals surface area contributed by atoms with E-state index in [1.165, 1.54) is 12.0 Å². The van der Waals surface area contributed by atoms with E-state index in [4.69, 9.17) is 10.5 Å². The summed E-state index contributed by atoms with van der Waals surface area (Å²) in [6.07, 6.45) is 4.88. The summed E-state index contributed by atoms with van der Waals surface area (Å²) in [7, 11) is 0. The maximum atomic E-state index is 6.04. The van der Waals surface area contributed by atoms with Crippen molar-refractivity contribution in [3.63, 3.8) is 0 Å². The molecule has 2 nitrogen and oxygen atoms in total. The predicted molar refractivity (Wildman–Crippen MR) is 66.8 cm³/mol. The number of benzene rings is 1. The molecule has 1 aliphatic rings. The van der Waals surface area contributed by atoms with Gasteiger partial charge in [0.25, 0.3) is 0 Å². The van der Waals surface area contributed by atoms with Crippen molar-refractivity contribution >= 4 is 0 Å². The number of rotatable bonds is 3. The van der Waals surface area contributed by atoms with Gasteiger partial charge in [0.1, 0.15) is 5.75 Å². The summed E-state index contributed by atoms with van der Waals surface area (Å²) in [4.78, 5) is 0. The van der Waals surface area contributed by atoms with Crippen LogP contribution in [0.15, 0.2) is 24.3 Å². The van der Waals surface area contributed by atoms with Gasteiger partial charge in [-0.05, 0) is 49.8 Å². The number of hydrogen-bond acceptors (Lipinski definition) is 2. The highest BCUT2D eigenvalue weighted by atomic mass is 16.5. The summed E-state index contributed by atoms with van der Waals surface area (Å²) in [5, 5.41) is 0. The third-order valence-corrected chi connectivity index (χ3v) is 3.46. The van der Waals surface area contributed by atoms with Crippen LogP contribution in [0.4, 0.5) is 0 Å². The average Bonchev–Trinajstić information content (AvgIpc) is 2.50. The molecule has 88 valence electrons. The van der Waals surface area contributed by atoms with Crippen LogP contribution in [0.3, 0.4) is 0 Å². The quantitative estimate of drug-likeness (QED) is 0.848. The molecule has 0 bridgehead atoms. The highest BCUT2D eigenvalue weighted by Gasteiger charge is 2.22. The highest BCUT2D eigenvalue weighted by molar-refractivity contribution is 5.37. The van der Waals surface area contributed by atoms with Crippen LogP contribution in [0.25, 0.3) is 0 Å². The van der Waals surface area contributed by atoms with Crippen molar-refractivity contribution in [2.75, 3.05) is 6.54 Å².